The number of benzene rings is 3. The molecule has 0 atom stereocenters. The van der Waals surface area contributed by atoms with Crippen molar-refractivity contribution in [3.63, 3.8) is 0 Å². The molecule has 3 aromatic carbocycles. The van der Waals surface area contributed by atoms with Crippen molar-refractivity contribution in [1.82, 2.24) is 9.88 Å². The quantitative estimate of drug-likeness (QED) is 0.197. The van der Waals surface area contributed by atoms with Crippen LogP contribution in [0.2, 0.25) is 0 Å². The van der Waals surface area contributed by atoms with Crippen LogP contribution in [-0.4, -0.2) is 41.8 Å². The van der Waals surface area contributed by atoms with Gasteiger partial charge in [-0.3, -0.25) is 14.6 Å². The lowest BCUT2D eigenvalue weighted by Crippen LogP contribution is -2.38. The van der Waals surface area contributed by atoms with E-state index in [1.165, 1.54) is 11.1 Å². The van der Waals surface area contributed by atoms with Gasteiger partial charge in [0.1, 0.15) is 5.75 Å². The largest absolute Gasteiger partial charge is 0.497 e. The van der Waals surface area contributed by atoms with Gasteiger partial charge in [0.2, 0.25) is 0 Å². The minimum atomic E-state index is 0.0181. The predicted molar refractivity (Wildman–Crippen MR) is 168 cm³/mol. The van der Waals surface area contributed by atoms with Gasteiger partial charge in [-0.2, -0.15) is 0 Å². The highest BCUT2D eigenvalue weighted by Gasteiger charge is 2.25. The molecule has 216 valence electrons. The molecular weight excluding hydrogens is 520 g/mol. The zero-order valence-corrected chi connectivity index (χ0v) is 25.1. The van der Waals surface area contributed by atoms with E-state index in [-0.39, 0.29) is 18.1 Å². The van der Waals surface area contributed by atoms with E-state index in [1.54, 1.807) is 13.3 Å². The van der Waals surface area contributed by atoms with Crippen LogP contribution >= 0.6 is 0 Å². The van der Waals surface area contributed by atoms with E-state index in [9.17, 15) is 9.59 Å². The molecule has 0 radical (unpaired) electrons. The van der Waals surface area contributed by atoms with E-state index in [4.69, 9.17) is 4.74 Å². The lowest BCUT2D eigenvalue weighted by molar-refractivity contribution is 0.0712. The monoisotopic (exact) mass is 560 g/mol. The number of hydrogen-bond acceptors (Lipinski definition) is 4. The fourth-order valence-corrected chi connectivity index (χ4v) is 5.75. The number of hydrogen-bond donors (Lipinski definition) is 0. The zero-order chi connectivity index (χ0) is 29.6. The van der Waals surface area contributed by atoms with E-state index in [0.717, 1.165) is 60.5 Å². The van der Waals surface area contributed by atoms with Crippen LogP contribution in [0.3, 0.4) is 0 Å². The van der Waals surface area contributed by atoms with Crippen LogP contribution in [0.15, 0.2) is 85.1 Å². The van der Waals surface area contributed by atoms with E-state index in [0.29, 0.717) is 23.0 Å². The number of aromatic nitrogens is 1. The first-order valence-corrected chi connectivity index (χ1v) is 14.9. The maximum absolute atomic E-state index is 13.5. The molecule has 2 heterocycles. The second-order valence-electron chi connectivity index (χ2n) is 11.8. The summed E-state index contributed by atoms with van der Waals surface area (Å²) in [5.74, 6) is 1.86. The van der Waals surface area contributed by atoms with E-state index >= 15 is 0 Å². The molecular formula is C37H40N2O3. The predicted octanol–water partition coefficient (Wildman–Crippen LogP) is 7.71. The Labute approximate surface area is 249 Å². The number of carbonyl (C=O) groups is 2. The third-order valence-corrected chi connectivity index (χ3v) is 8.28. The van der Waals surface area contributed by atoms with Crippen molar-refractivity contribution in [2.24, 2.45) is 5.92 Å². The fraction of sp³-hybridized carbons (Fsp3) is 0.324. The molecule has 1 amide bonds. The first-order chi connectivity index (χ1) is 20.3. The number of amides is 1. The lowest BCUT2D eigenvalue weighted by atomic mass is 9.88. The van der Waals surface area contributed by atoms with Crippen LogP contribution in [0, 0.1) is 12.8 Å². The molecule has 0 N–H and O–H groups in total. The number of methoxy groups -OCH3 is 1. The number of aryl methyl sites for hydroxylation is 1. The number of carbonyl (C=O) groups excluding carboxylic acids is 2. The molecule has 5 heteroatoms. The number of ketones is 1. The van der Waals surface area contributed by atoms with Gasteiger partial charge in [-0.05, 0) is 102 Å². The molecule has 1 aliphatic heterocycles. The fourth-order valence-electron chi connectivity index (χ4n) is 5.75. The topological polar surface area (TPSA) is 59.5 Å². The molecule has 0 spiro atoms. The number of rotatable bonds is 9. The van der Waals surface area contributed by atoms with Crippen molar-refractivity contribution >= 4 is 11.7 Å². The van der Waals surface area contributed by atoms with E-state index in [1.807, 2.05) is 60.4 Å². The minimum Gasteiger partial charge on any atom is -0.497 e. The Hall–Kier alpha value is -4.25. The first-order valence-electron chi connectivity index (χ1n) is 14.9. The SMILES string of the molecule is COc1cccc(-c2ccc(C3CCN(C(=O)c4ccc(C)c(CC(=O)c5ccc(CC(C)C)nc5)c4)CC3)cc2)c1. The van der Waals surface area contributed by atoms with Crippen molar-refractivity contribution in [3.8, 4) is 16.9 Å². The molecule has 42 heavy (non-hydrogen) atoms. The Balaban J connectivity index is 1.19. The summed E-state index contributed by atoms with van der Waals surface area (Å²) >= 11 is 0. The Bertz CT molecular complexity index is 1530. The van der Waals surface area contributed by atoms with E-state index in [2.05, 4.69) is 49.2 Å². The van der Waals surface area contributed by atoms with Crippen LogP contribution in [0.25, 0.3) is 11.1 Å². The van der Waals surface area contributed by atoms with Crippen molar-refractivity contribution in [2.75, 3.05) is 20.2 Å². The summed E-state index contributed by atoms with van der Waals surface area (Å²) < 4.78 is 5.37. The second kappa shape index (κ2) is 13.2. The molecule has 4 aromatic rings. The smallest absolute Gasteiger partial charge is 0.253 e. The van der Waals surface area contributed by atoms with Gasteiger partial charge in [-0.15, -0.1) is 0 Å². The van der Waals surface area contributed by atoms with Gasteiger partial charge in [0, 0.05) is 42.5 Å². The third-order valence-electron chi connectivity index (χ3n) is 8.28. The van der Waals surface area contributed by atoms with E-state index < -0.39 is 0 Å². The summed E-state index contributed by atoms with van der Waals surface area (Å²) in [5.41, 5.74) is 7.78. The normalized spacial score (nSPS) is 13.8. The van der Waals surface area contributed by atoms with Gasteiger partial charge in [0.25, 0.3) is 5.91 Å². The Morgan fingerprint density at radius 2 is 1.64 bits per heavy atom. The first kappa shape index (κ1) is 29.2. The molecule has 1 fully saturated rings. The Morgan fingerprint density at radius 3 is 2.31 bits per heavy atom. The number of Topliss-reactive ketones (excluding diaryl/α,β-unsaturated/α-hetero) is 1. The van der Waals surface area contributed by atoms with Crippen LogP contribution < -0.4 is 4.74 Å². The molecule has 0 bridgehead atoms. The molecule has 0 saturated carbocycles. The van der Waals surface area contributed by atoms with Crippen LogP contribution in [-0.2, 0) is 12.8 Å². The highest BCUT2D eigenvalue weighted by Crippen LogP contribution is 2.31. The number of pyridine rings is 1. The minimum absolute atomic E-state index is 0.0181. The number of nitrogens with zero attached hydrogens (tertiary/aromatic N) is 2. The second-order valence-corrected chi connectivity index (χ2v) is 11.8. The summed E-state index contributed by atoms with van der Waals surface area (Å²) in [6.07, 6.45) is 4.70. The molecule has 0 unspecified atom stereocenters. The van der Waals surface area contributed by atoms with Crippen molar-refractivity contribution in [1.29, 1.82) is 0 Å². The van der Waals surface area contributed by atoms with Gasteiger partial charge in [0.05, 0.1) is 7.11 Å². The molecule has 1 saturated heterocycles. The van der Waals surface area contributed by atoms with Crippen LogP contribution in [0.1, 0.15) is 75.7 Å². The summed E-state index contributed by atoms with van der Waals surface area (Å²) in [4.78, 5) is 32.9. The van der Waals surface area contributed by atoms with Gasteiger partial charge in [-0.25, -0.2) is 0 Å². The molecule has 5 nitrogen and oxygen atoms in total. The summed E-state index contributed by atoms with van der Waals surface area (Å²) in [6.45, 7) is 7.74. The maximum atomic E-state index is 13.5. The van der Waals surface area contributed by atoms with Crippen molar-refractivity contribution < 1.29 is 14.3 Å². The van der Waals surface area contributed by atoms with Crippen molar-refractivity contribution in [3.05, 3.63) is 119 Å². The number of ether oxygens (including phenoxy) is 1. The zero-order valence-electron chi connectivity index (χ0n) is 25.1. The van der Waals surface area contributed by atoms with Gasteiger partial charge in [0.15, 0.2) is 5.78 Å². The van der Waals surface area contributed by atoms with Gasteiger partial charge in [-0.1, -0.05) is 56.3 Å². The Morgan fingerprint density at radius 1 is 0.905 bits per heavy atom. The average Bonchev–Trinajstić information content (AvgIpc) is 3.02. The van der Waals surface area contributed by atoms with Crippen LogP contribution in [0.5, 0.6) is 5.75 Å². The lowest BCUT2D eigenvalue weighted by Gasteiger charge is -2.32. The van der Waals surface area contributed by atoms with Crippen LogP contribution in [0.4, 0.5) is 0 Å². The Kier molecular flexibility index (Phi) is 9.16. The van der Waals surface area contributed by atoms with Gasteiger partial charge >= 0.3 is 0 Å². The molecule has 5 rings (SSSR count). The highest BCUT2D eigenvalue weighted by atomic mass is 16.5. The number of likely N-dealkylation sites (tertiary alicyclic amines) is 1. The van der Waals surface area contributed by atoms with Crippen molar-refractivity contribution in [2.45, 2.75) is 52.4 Å². The summed E-state index contributed by atoms with van der Waals surface area (Å²) in [5, 5.41) is 0. The molecule has 1 aromatic heterocycles. The number of piperidine rings is 1. The highest BCUT2D eigenvalue weighted by molar-refractivity contribution is 5.98. The molecule has 1 aliphatic rings. The molecule has 0 aliphatic carbocycles. The maximum Gasteiger partial charge on any atom is 0.253 e. The third kappa shape index (κ3) is 6.96. The van der Waals surface area contributed by atoms with Gasteiger partial charge < -0.3 is 9.64 Å². The summed E-state index contributed by atoms with van der Waals surface area (Å²) in [6, 6.07) is 26.4. The average molecular weight is 561 g/mol. The summed E-state index contributed by atoms with van der Waals surface area (Å²) in [7, 11) is 1.69. The standard InChI is InChI=1S/C37H40N2O3/c1-25(2)20-34-15-14-32(24-38-34)36(40)23-33-21-31(9-8-26(33)3)37(41)39-18-16-29(17-19-39)27-10-12-28(13-11-27)30-6-5-7-35(22-30)42-4/h5-15,21-22,24-25,29H,16-20,23H2,1-4H3.